The normalized spacial score (nSPS) is 19.9. The topological polar surface area (TPSA) is 28.2 Å². The van der Waals surface area contributed by atoms with Gasteiger partial charge >= 0.3 is 0 Å². The maximum absolute atomic E-state index is 13.4. The van der Waals surface area contributed by atoms with Gasteiger partial charge in [0.2, 0.25) is 0 Å². The first-order valence-electron chi connectivity index (χ1n) is 7.96. The number of halogens is 1. The van der Waals surface area contributed by atoms with Crippen molar-refractivity contribution in [2.24, 2.45) is 0 Å². The van der Waals surface area contributed by atoms with Gasteiger partial charge in [0.15, 0.2) is 5.11 Å². The molecule has 0 radical (unpaired) electrons. The average Bonchev–Trinajstić information content (AvgIpc) is 3.20. The third-order valence-electron chi connectivity index (χ3n) is 4.26. The van der Waals surface area contributed by atoms with Crippen LogP contribution in [0.15, 0.2) is 60.8 Å². The third-order valence-corrected chi connectivity index (χ3v) is 5.64. The Labute approximate surface area is 155 Å². The average molecular weight is 369 g/mol. The molecule has 0 spiro atoms. The number of thiophene rings is 1. The van der Waals surface area contributed by atoms with Crippen molar-refractivity contribution < 1.29 is 4.39 Å². The summed E-state index contributed by atoms with van der Waals surface area (Å²) in [6, 6.07) is 16.5. The Hall–Kier alpha value is -2.31. The smallest absolute Gasteiger partial charge is 0.174 e. The van der Waals surface area contributed by atoms with Gasteiger partial charge in [0, 0.05) is 21.6 Å². The lowest BCUT2D eigenvalue weighted by Crippen LogP contribution is -2.29. The number of anilines is 1. The molecule has 25 heavy (non-hydrogen) atoms. The monoisotopic (exact) mass is 369 g/mol. The summed E-state index contributed by atoms with van der Waals surface area (Å²) in [5.74, 6) is -0.258. The predicted molar refractivity (Wildman–Crippen MR) is 103 cm³/mol. The Kier molecular flexibility index (Phi) is 4.23. The molecule has 0 saturated carbocycles. The minimum absolute atomic E-state index is 0.0217. The summed E-state index contributed by atoms with van der Waals surface area (Å²) in [6.07, 6.45) is 1.79. The number of hydrogen-bond donors (Lipinski definition) is 1. The summed E-state index contributed by atoms with van der Waals surface area (Å²) in [5, 5.41) is 4.02. The van der Waals surface area contributed by atoms with E-state index in [0.29, 0.717) is 5.11 Å². The maximum Gasteiger partial charge on any atom is 0.174 e. The van der Waals surface area contributed by atoms with Crippen LogP contribution in [-0.2, 0) is 0 Å². The zero-order valence-corrected chi connectivity index (χ0v) is 15.2. The van der Waals surface area contributed by atoms with Crippen molar-refractivity contribution in [2.45, 2.75) is 19.0 Å². The molecule has 4 rings (SSSR count). The van der Waals surface area contributed by atoms with Gasteiger partial charge in [-0.05, 0) is 67.7 Å². The van der Waals surface area contributed by atoms with Crippen LogP contribution in [0, 0.1) is 12.7 Å². The summed E-state index contributed by atoms with van der Waals surface area (Å²) in [5.41, 5.74) is 1.80. The van der Waals surface area contributed by atoms with E-state index in [1.54, 1.807) is 29.7 Å². The van der Waals surface area contributed by atoms with Crippen LogP contribution in [0.25, 0.3) is 0 Å². The number of thiocarbonyl (C=S) groups is 1. The fraction of sp³-hybridized carbons (Fsp3) is 0.158. The minimum Gasteiger partial charge on any atom is -0.351 e. The maximum atomic E-state index is 13.4. The number of pyridine rings is 1. The Bertz CT molecular complexity index is 893. The quantitative estimate of drug-likeness (QED) is 0.673. The molecule has 1 aliphatic heterocycles. The number of nitrogens with zero attached hydrogens (tertiary/aromatic N) is 2. The molecule has 1 saturated heterocycles. The van der Waals surface area contributed by atoms with Crippen LogP contribution >= 0.6 is 23.6 Å². The van der Waals surface area contributed by atoms with Gasteiger partial charge in [-0.3, -0.25) is 4.98 Å². The summed E-state index contributed by atoms with van der Waals surface area (Å²) in [7, 11) is 0. The van der Waals surface area contributed by atoms with Crippen LogP contribution in [0.1, 0.15) is 27.5 Å². The molecule has 1 aliphatic rings. The van der Waals surface area contributed by atoms with Gasteiger partial charge in [0.05, 0.1) is 17.8 Å². The van der Waals surface area contributed by atoms with Gasteiger partial charge < -0.3 is 10.2 Å². The Morgan fingerprint density at radius 2 is 1.92 bits per heavy atom. The lowest BCUT2D eigenvalue weighted by atomic mass is 10.0. The highest BCUT2D eigenvalue weighted by Crippen LogP contribution is 2.43. The van der Waals surface area contributed by atoms with Crippen LogP contribution in [0.3, 0.4) is 0 Å². The van der Waals surface area contributed by atoms with E-state index >= 15 is 0 Å². The molecule has 0 aliphatic carbocycles. The van der Waals surface area contributed by atoms with Gasteiger partial charge in [-0.25, -0.2) is 4.39 Å². The van der Waals surface area contributed by atoms with E-state index in [4.69, 9.17) is 12.2 Å². The number of benzene rings is 1. The molecule has 6 heteroatoms. The fourth-order valence-electron chi connectivity index (χ4n) is 3.14. The summed E-state index contributed by atoms with van der Waals surface area (Å²) < 4.78 is 13.4. The van der Waals surface area contributed by atoms with E-state index in [1.165, 1.54) is 21.9 Å². The van der Waals surface area contributed by atoms with E-state index in [1.807, 2.05) is 18.2 Å². The SMILES string of the molecule is Cc1ccc([C@@H]2[C@H](c3ccccn3)NC(=S)N2c2ccc(F)cc2)s1. The van der Waals surface area contributed by atoms with Crippen LogP contribution in [0.5, 0.6) is 0 Å². The molecule has 1 fully saturated rings. The number of rotatable bonds is 3. The molecular formula is C19H16FN3S2. The molecule has 2 atom stereocenters. The number of nitrogens with one attached hydrogen (secondary N) is 1. The first-order chi connectivity index (χ1) is 12.1. The van der Waals surface area contributed by atoms with Crippen LogP contribution in [0.4, 0.5) is 10.1 Å². The predicted octanol–water partition coefficient (Wildman–Crippen LogP) is 4.77. The summed E-state index contributed by atoms with van der Waals surface area (Å²) >= 11 is 7.36. The Morgan fingerprint density at radius 1 is 1.12 bits per heavy atom. The largest absolute Gasteiger partial charge is 0.351 e. The van der Waals surface area contributed by atoms with Crippen molar-refractivity contribution in [2.75, 3.05) is 4.90 Å². The van der Waals surface area contributed by atoms with Crippen molar-refractivity contribution in [1.29, 1.82) is 0 Å². The van der Waals surface area contributed by atoms with Gasteiger partial charge in [-0.15, -0.1) is 11.3 Å². The van der Waals surface area contributed by atoms with Gasteiger partial charge in [0.1, 0.15) is 5.82 Å². The van der Waals surface area contributed by atoms with Crippen molar-refractivity contribution in [3.05, 3.63) is 82.1 Å². The molecular weight excluding hydrogens is 353 g/mol. The molecule has 126 valence electrons. The summed E-state index contributed by atoms with van der Waals surface area (Å²) in [6.45, 7) is 2.09. The first-order valence-corrected chi connectivity index (χ1v) is 9.18. The van der Waals surface area contributed by atoms with E-state index in [-0.39, 0.29) is 17.9 Å². The van der Waals surface area contributed by atoms with E-state index in [2.05, 4.69) is 34.3 Å². The van der Waals surface area contributed by atoms with Gasteiger partial charge in [0.25, 0.3) is 0 Å². The van der Waals surface area contributed by atoms with Crippen molar-refractivity contribution in [3.63, 3.8) is 0 Å². The molecule has 0 unspecified atom stereocenters. The van der Waals surface area contributed by atoms with E-state index < -0.39 is 0 Å². The third kappa shape index (κ3) is 3.03. The minimum atomic E-state index is -0.258. The molecule has 3 heterocycles. The molecule has 3 aromatic rings. The molecule has 0 bridgehead atoms. The fourth-order valence-corrected chi connectivity index (χ4v) is 4.49. The second kappa shape index (κ2) is 6.54. The zero-order valence-electron chi connectivity index (χ0n) is 13.5. The van der Waals surface area contributed by atoms with E-state index in [0.717, 1.165) is 11.4 Å². The highest BCUT2D eigenvalue weighted by molar-refractivity contribution is 7.80. The van der Waals surface area contributed by atoms with Crippen LogP contribution < -0.4 is 10.2 Å². The second-order valence-corrected chi connectivity index (χ2v) is 7.63. The van der Waals surface area contributed by atoms with Gasteiger partial charge in [-0.2, -0.15) is 0 Å². The molecule has 1 aromatic carbocycles. The van der Waals surface area contributed by atoms with Crippen LogP contribution in [0.2, 0.25) is 0 Å². The highest BCUT2D eigenvalue weighted by Gasteiger charge is 2.41. The van der Waals surface area contributed by atoms with Crippen molar-refractivity contribution in [3.8, 4) is 0 Å². The molecule has 0 amide bonds. The van der Waals surface area contributed by atoms with Crippen molar-refractivity contribution in [1.82, 2.24) is 10.3 Å². The summed E-state index contributed by atoms with van der Waals surface area (Å²) in [4.78, 5) is 9.01. The standard InChI is InChI=1S/C19H16FN3S2/c1-12-5-10-16(25-12)18-17(15-4-2-3-11-21-15)22-19(24)23(18)14-8-6-13(20)7-9-14/h2-11,17-18H,1H3,(H,22,24)/t17-,18+/m0/s1. The Balaban J connectivity index is 1.81. The highest BCUT2D eigenvalue weighted by atomic mass is 32.1. The van der Waals surface area contributed by atoms with E-state index in [9.17, 15) is 4.39 Å². The van der Waals surface area contributed by atoms with Gasteiger partial charge in [-0.1, -0.05) is 6.07 Å². The van der Waals surface area contributed by atoms with Crippen LogP contribution in [-0.4, -0.2) is 10.1 Å². The molecule has 2 aromatic heterocycles. The number of hydrogen-bond acceptors (Lipinski definition) is 3. The zero-order chi connectivity index (χ0) is 17.4. The first kappa shape index (κ1) is 16.2. The molecule has 1 N–H and O–H groups in total. The molecule has 3 nitrogen and oxygen atoms in total. The number of aromatic nitrogens is 1. The van der Waals surface area contributed by atoms with Crippen molar-refractivity contribution >= 4 is 34.4 Å². The number of aryl methyl sites for hydroxylation is 1. The Morgan fingerprint density at radius 3 is 2.56 bits per heavy atom. The second-order valence-electron chi connectivity index (χ2n) is 5.92. The lowest BCUT2D eigenvalue weighted by Gasteiger charge is -2.26. The lowest BCUT2D eigenvalue weighted by molar-refractivity contribution is 0.575.